The molecule has 20 heavy (non-hydrogen) atoms. The van der Waals surface area contributed by atoms with E-state index in [1.54, 1.807) is 6.92 Å². The molecule has 0 radical (unpaired) electrons. The summed E-state index contributed by atoms with van der Waals surface area (Å²) in [7, 11) is 0. The van der Waals surface area contributed by atoms with Crippen LogP contribution in [0.3, 0.4) is 0 Å². The molecule has 0 saturated heterocycles. The number of alkyl halides is 6. The van der Waals surface area contributed by atoms with Crippen LogP contribution in [0.5, 0.6) is 0 Å². The summed E-state index contributed by atoms with van der Waals surface area (Å²) >= 11 is 0. The molecule has 3 nitrogen and oxygen atoms in total. The maximum Gasteiger partial charge on any atom is 0.402 e. The fourth-order valence-electron chi connectivity index (χ4n) is 1.76. The van der Waals surface area contributed by atoms with Gasteiger partial charge in [0.2, 0.25) is 0 Å². The zero-order chi connectivity index (χ0) is 15.4. The van der Waals surface area contributed by atoms with Gasteiger partial charge in [-0.25, -0.2) is 9.97 Å². The molecule has 1 atom stereocenters. The minimum absolute atomic E-state index is 0.0161. The second-order valence-corrected chi connectivity index (χ2v) is 4.16. The van der Waals surface area contributed by atoms with Crippen molar-refractivity contribution in [2.45, 2.75) is 31.7 Å². The Morgan fingerprint density at radius 2 is 1.55 bits per heavy atom. The molecule has 1 aromatic rings. The number of halogens is 6. The number of aromatic nitrogens is 2. The lowest BCUT2D eigenvalue weighted by Crippen LogP contribution is -2.46. The summed E-state index contributed by atoms with van der Waals surface area (Å²) in [5.74, 6) is -3.51. The molecule has 1 N–H and O–H groups in total. The Hall–Kier alpha value is -1.38. The Balaban J connectivity index is 3.19. The van der Waals surface area contributed by atoms with E-state index in [0.29, 0.717) is 6.42 Å². The molecule has 114 valence electrons. The van der Waals surface area contributed by atoms with Crippen LogP contribution in [0.1, 0.15) is 24.9 Å². The normalized spacial score (nSPS) is 14.6. The minimum Gasteiger partial charge on any atom is -0.309 e. The summed E-state index contributed by atoms with van der Waals surface area (Å²) < 4.78 is 76.7. The van der Waals surface area contributed by atoms with Crippen molar-refractivity contribution < 1.29 is 26.3 Å². The van der Waals surface area contributed by atoms with E-state index in [1.165, 1.54) is 0 Å². The summed E-state index contributed by atoms with van der Waals surface area (Å²) in [5, 5.41) is 2.28. The Labute approximate surface area is 111 Å². The molecule has 0 aliphatic carbocycles. The van der Waals surface area contributed by atoms with Crippen LogP contribution in [0.15, 0.2) is 18.7 Å². The molecule has 0 bridgehead atoms. The van der Waals surface area contributed by atoms with Gasteiger partial charge in [-0.1, -0.05) is 6.92 Å². The van der Waals surface area contributed by atoms with Crippen molar-refractivity contribution in [2.75, 3.05) is 6.54 Å². The third kappa shape index (κ3) is 4.32. The second kappa shape index (κ2) is 6.38. The van der Waals surface area contributed by atoms with Crippen LogP contribution in [-0.4, -0.2) is 28.9 Å². The van der Waals surface area contributed by atoms with Crippen LogP contribution in [-0.2, 0) is 0 Å². The van der Waals surface area contributed by atoms with Gasteiger partial charge in [-0.2, -0.15) is 26.3 Å². The Bertz CT molecular complexity index is 389. The van der Waals surface area contributed by atoms with Gasteiger partial charge in [0.05, 0.1) is 6.04 Å². The molecule has 1 unspecified atom stereocenters. The highest BCUT2D eigenvalue weighted by Gasteiger charge is 2.60. The fourth-order valence-corrected chi connectivity index (χ4v) is 1.76. The van der Waals surface area contributed by atoms with Gasteiger partial charge < -0.3 is 5.32 Å². The second-order valence-electron chi connectivity index (χ2n) is 4.16. The van der Waals surface area contributed by atoms with E-state index in [2.05, 4.69) is 15.3 Å². The first-order valence-corrected chi connectivity index (χ1v) is 5.79. The summed E-state index contributed by atoms with van der Waals surface area (Å²) in [5.41, 5.74) is -0.249. The van der Waals surface area contributed by atoms with Gasteiger partial charge in [0.15, 0.2) is 5.92 Å². The molecule has 0 aliphatic heterocycles. The molecule has 0 aromatic carbocycles. The van der Waals surface area contributed by atoms with Crippen LogP contribution in [0.4, 0.5) is 26.3 Å². The van der Waals surface area contributed by atoms with Crippen molar-refractivity contribution in [3.63, 3.8) is 0 Å². The Morgan fingerprint density at radius 1 is 1.05 bits per heavy atom. The number of hydrogen-bond acceptors (Lipinski definition) is 3. The van der Waals surface area contributed by atoms with Crippen LogP contribution in [0.2, 0.25) is 0 Å². The van der Waals surface area contributed by atoms with E-state index in [0.717, 1.165) is 18.7 Å². The van der Waals surface area contributed by atoms with Crippen LogP contribution < -0.4 is 5.32 Å². The summed E-state index contributed by atoms with van der Waals surface area (Å²) in [4.78, 5) is 6.95. The highest BCUT2D eigenvalue weighted by Crippen LogP contribution is 2.46. The van der Waals surface area contributed by atoms with Gasteiger partial charge >= 0.3 is 12.4 Å². The van der Waals surface area contributed by atoms with Crippen molar-refractivity contribution in [3.8, 4) is 0 Å². The quantitative estimate of drug-likeness (QED) is 0.848. The van der Waals surface area contributed by atoms with Gasteiger partial charge in [-0.05, 0) is 13.0 Å². The zero-order valence-electron chi connectivity index (χ0n) is 10.5. The first-order chi connectivity index (χ1) is 9.18. The molecular weight excluding hydrogens is 288 g/mol. The van der Waals surface area contributed by atoms with Crippen molar-refractivity contribution in [1.82, 2.24) is 15.3 Å². The molecule has 0 fully saturated rings. The van der Waals surface area contributed by atoms with E-state index in [1.807, 2.05) is 0 Å². The molecule has 0 aliphatic rings. The van der Waals surface area contributed by atoms with Crippen LogP contribution in [0, 0.1) is 5.92 Å². The van der Waals surface area contributed by atoms with Gasteiger partial charge in [0, 0.05) is 18.0 Å². The predicted molar refractivity (Wildman–Crippen MR) is 58.7 cm³/mol. The zero-order valence-corrected chi connectivity index (χ0v) is 10.5. The average molecular weight is 301 g/mol. The van der Waals surface area contributed by atoms with Crippen molar-refractivity contribution in [1.29, 1.82) is 0 Å². The third-order valence-corrected chi connectivity index (χ3v) is 2.59. The van der Waals surface area contributed by atoms with E-state index in [-0.39, 0.29) is 12.1 Å². The van der Waals surface area contributed by atoms with E-state index >= 15 is 0 Å². The largest absolute Gasteiger partial charge is 0.402 e. The maximum absolute atomic E-state index is 12.8. The lowest BCUT2D eigenvalue weighted by Gasteiger charge is -2.31. The standard InChI is InChI=1S/C11H13F6N3/c1-2-3-20-8(7-4-18-6-19-5-7)9(10(12,13)14)11(15,16)17/h4-6,8-9,20H,2-3H2,1H3. The van der Waals surface area contributed by atoms with Crippen LogP contribution in [0.25, 0.3) is 0 Å². The SMILES string of the molecule is CCCNC(c1cncnc1)C(C(F)(F)F)C(F)(F)F. The number of rotatable bonds is 5. The Kier molecular flexibility index (Phi) is 5.32. The number of hydrogen-bond donors (Lipinski definition) is 1. The van der Waals surface area contributed by atoms with E-state index in [9.17, 15) is 26.3 Å². The molecule has 9 heteroatoms. The van der Waals surface area contributed by atoms with Crippen molar-refractivity contribution in [3.05, 3.63) is 24.3 Å². The smallest absolute Gasteiger partial charge is 0.309 e. The fraction of sp³-hybridized carbons (Fsp3) is 0.636. The maximum atomic E-state index is 12.8. The van der Waals surface area contributed by atoms with Gasteiger partial charge in [0.25, 0.3) is 0 Å². The highest BCUT2D eigenvalue weighted by atomic mass is 19.4. The Morgan fingerprint density at radius 3 is 1.95 bits per heavy atom. The molecular formula is C11H13F6N3. The molecule has 0 amide bonds. The summed E-state index contributed by atoms with van der Waals surface area (Å²) in [6.45, 7) is 1.66. The van der Waals surface area contributed by atoms with Crippen LogP contribution >= 0.6 is 0 Å². The predicted octanol–water partition coefficient (Wildman–Crippen LogP) is 3.26. The highest BCUT2D eigenvalue weighted by molar-refractivity contribution is 5.13. The van der Waals surface area contributed by atoms with Crippen molar-refractivity contribution in [2.24, 2.45) is 5.92 Å². The third-order valence-electron chi connectivity index (χ3n) is 2.59. The summed E-state index contributed by atoms with van der Waals surface area (Å²) in [6, 6.07) is -1.96. The van der Waals surface area contributed by atoms with E-state index in [4.69, 9.17) is 0 Å². The van der Waals surface area contributed by atoms with Gasteiger partial charge in [0.1, 0.15) is 6.33 Å². The average Bonchev–Trinajstić information content (AvgIpc) is 2.32. The first-order valence-electron chi connectivity index (χ1n) is 5.79. The van der Waals surface area contributed by atoms with Gasteiger partial charge in [-0.3, -0.25) is 0 Å². The topological polar surface area (TPSA) is 37.8 Å². The molecule has 1 rings (SSSR count). The molecule has 0 spiro atoms. The summed E-state index contributed by atoms with van der Waals surface area (Å²) in [6.07, 6.45) is -7.50. The number of nitrogens with zero attached hydrogens (tertiary/aromatic N) is 2. The van der Waals surface area contributed by atoms with E-state index < -0.39 is 24.3 Å². The van der Waals surface area contributed by atoms with Gasteiger partial charge in [-0.15, -0.1) is 0 Å². The minimum atomic E-state index is -5.42. The lowest BCUT2D eigenvalue weighted by atomic mass is 9.93. The monoisotopic (exact) mass is 301 g/mol. The molecule has 1 aromatic heterocycles. The number of nitrogens with one attached hydrogen (secondary N) is 1. The first kappa shape index (κ1) is 16.7. The van der Waals surface area contributed by atoms with Crippen molar-refractivity contribution >= 4 is 0 Å². The lowest BCUT2D eigenvalue weighted by molar-refractivity contribution is -0.292. The molecule has 1 heterocycles. The molecule has 0 saturated carbocycles.